The summed E-state index contributed by atoms with van der Waals surface area (Å²) in [6.45, 7) is 5.30. The molecule has 1 N–H and O–H groups in total. The van der Waals surface area contributed by atoms with Gasteiger partial charge in [0.1, 0.15) is 11.6 Å². The van der Waals surface area contributed by atoms with Crippen molar-refractivity contribution in [2.24, 2.45) is 13.0 Å². The van der Waals surface area contributed by atoms with E-state index in [9.17, 15) is 0 Å². The molecule has 4 aromatic rings. The van der Waals surface area contributed by atoms with Crippen LogP contribution in [0.2, 0.25) is 0 Å². The Morgan fingerprint density at radius 3 is 2.27 bits per heavy atom. The van der Waals surface area contributed by atoms with Gasteiger partial charge in [-0.3, -0.25) is 14.6 Å². The Hall–Kier alpha value is -3.99. The second-order valence-electron chi connectivity index (χ2n) is 7.69. The van der Waals surface area contributed by atoms with Crippen molar-refractivity contribution < 1.29 is 4.74 Å². The highest BCUT2D eigenvalue weighted by atomic mass is 16.5. The molecule has 5 rings (SSSR count). The number of anilines is 1. The topological polar surface area (TPSA) is 90.6 Å². The first-order chi connectivity index (χ1) is 16.1. The Balaban J connectivity index is 0.000000212. The van der Waals surface area contributed by atoms with Crippen molar-refractivity contribution in [3.8, 4) is 18.7 Å². The van der Waals surface area contributed by atoms with Crippen LogP contribution in [0.15, 0.2) is 48.8 Å². The van der Waals surface area contributed by atoms with Crippen molar-refractivity contribution in [3.63, 3.8) is 0 Å². The molecular formula is C25H29N7O. The molecule has 8 nitrogen and oxygen atoms in total. The third kappa shape index (κ3) is 7.28. The molecule has 4 heterocycles. The monoisotopic (exact) mass is 443 g/mol. The fraction of sp³-hybridized carbons (Fsp3) is 0.320. The molecule has 0 unspecified atom stereocenters. The van der Waals surface area contributed by atoms with E-state index in [1.165, 1.54) is 12.8 Å². The molecule has 0 aliphatic heterocycles. The number of nitrogens with one attached hydrogen (secondary N) is 1. The molecule has 1 aliphatic rings. The highest BCUT2D eigenvalue weighted by Gasteiger charge is 2.22. The minimum atomic E-state index is 0.651. The summed E-state index contributed by atoms with van der Waals surface area (Å²) in [5.41, 5.74) is 4.03. The zero-order valence-electron chi connectivity index (χ0n) is 19.3. The maximum absolute atomic E-state index is 5.72. The maximum atomic E-state index is 5.72. The Bertz CT molecular complexity index is 1130. The number of nitrogens with zero attached hydrogens (tertiary/aromatic N) is 6. The zero-order valence-corrected chi connectivity index (χ0v) is 19.3. The first-order valence-electron chi connectivity index (χ1n) is 10.8. The molecule has 0 atom stereocenters. The lowest BCUT2D eigenvalue weighted by molar-refractivity contribution is 0.287. The van der Waals surface area contributed by atoms with Crippen molar-refractivity contribution >= 4 is 16.9 Å². The fourth-order valence-corrected chi connectivity index (χ4v) is 3.11. The van der Waals surface area contributed by atoms with Crippen molar-refractivity contribution in [3.05, 3.63) is 66.0 Å². The van der Waals surface area contributed by atoms with E-state index in [1.54, 1.807) is 12.4 Å². The summed E-state index contributed by atoms with van der Waals surface area (Å²) >= 11 is 0. The van der Waals surface area contributed by atoms with E-state index in [0.29, 0.717) is 24.2 Å². The number of hydrogen-bond donors (Lipinski definition) is 1. The number of pyridine rings is 2. The smallest absolute Gasteiger partial charge is 0.218 e. The summed E-state index contributed by atoms with van der Waals surface area (Å²) in [5, 5.41) is 7.64. The zero-order chi connectivity index (χ0) is 23.6. The van der Waals surface area contributed by atoms with Gasteiger partial charge < -0.3 is 10.1 Å². The van der Waals surface area contributed by atoms with Crippen LogP contribution in [0.1, 0.15) is 30.1 Å². The number of ether oxygens (including phenoxy) is 1. The first kappa shape index (κ1) is 23.7. The largest absolute Gasteiger partial charge is 0.477 e. The summed E-state index contributed by atoms with van der Waals surface area (Å²) in [7, 11) is 1.94. The number of rotatable bonds is 6. The fourth-order valence-electron chi connectivity index (χ4n) is 3.11. The van der Waals surface area contributed by atoms with Gasteiger partial charge in [0.05, 0.1) is 35.6 Å². The van der Waals surface area contributed by atoms with E-state index >= 15 is 0 Å². The van der Waals surface area contributed by atoms with Crippen molar-refractivity contribution in [1.82, 2.24) is 29.7 Å². The van der Waals surface area contributed by atoms with Crippen LogP contribution in [0.5, 0.6) is 5.88 Å². The Kier molecular flexibility index (Phi) is 8.30. The average Bonchev–Trinajstić information content (AvgIpc) is 3.61. The quantitative estimate of drug-likeness (QED) is 0.449. The lowest BCUT2D eigenvalue weighted by atomic mass is 10.3. The van der Waals surface area contributed by atoms with Crippen molar-refractivity contribution in [2.45, 2.75) is 33.2 Å². The molecule has 0 aromatic carbocycles. The maximum Gasteiger partial charge on any atom is 0.218 e. The predicted molar refractivity (Wildman–Crippen MR) is 130 cm³/mol. The molecule has 1 saturated carbocycles. The van der Waals surface area contributed by atoms with E-state index in [4.69, 9.17) is 4.74 Å². The van der Waals surface area contributed by atoms with Crippen molar-refractivity contribution in [2.75, 3.05) is 11.9 Å². The molecule has 8 heteroatoms. The molecule has 0 radical (unpaired) electrons. The molecule has 0 bridgehead atoms. The number of fused-ring (bicyclic) bond motifs is 1. The predicted octanol–water partition coefficient (Wildman–Crippen LogP) is 4.11. The van der Waals surface area contributed by atoms with Crippen LogP contribution in [0, 0.1) is 32.6 Å². The molecule has 33 heavy (non-hydrogen) atoms. The third-order valence-electron chi connectivity index (χ3n) is 4.90. The van der Waals surface area contributed by atoms with Gasteiger partial charge in [0.15, 0.2) is 0 Å². The Labute approximate surface area is 194 Å². The molecule has 170 valence electrons. The molecular weight excluding hydrogens is 414 g/mol. The summed E-state index contributed by atoms with van der Waals surface area (Å²) in [6, 6.07) is 11.6. The lowest BCUT2D eigenvalue weighted by Gasteiger charge is -2.09. The Morgan fingerprint density at radius 1 is 1.03 bits per heavy atom. The van der Waals surface area contributed by atoms with Gasteiger partial charge in [-0.15, -0.1) is 12.8 Å². The van der Waals surface area contributed by atoms with Gasteiger partial charge in [0.25, 0.3) is 0 Å². The van der Waals surface area contributed by atoms with Crippen LogP contribution < -0.4 is 10.1 Å². The van der Waals surface area contributed by atoms with Crippen molar-refractivity contribution in [1.29, 1.82) is 0 Å². The van der Waals surface area contributed by atoms with Crippen LogP contribution >= 0.6 is 0 Å². The number of terminal acetylenes is 1. The highest BCUT2D eigenvalue weighted by Crippen LogP contribution is 2.29. The first-order valence-corrected chi connectivity index (χ1v) is 10.8. The standard InChI is InChI=1S/C15H21N5O.C8H6N2.C2H2/c1-10-6-13(20(3)19-10)8-16-14-7-15(18-11(2)17-14)21-9-12-4-5-12;1-3-7-8(9-5-1)4-2-6-10-7;1-2/h6-7,12H,4-5,8-9H2,1-3H3,(H,16,17,18);1-6H;1-2H. The summed E-state index contributed by atoms with van der Waals surface area (Å²) in [5.74, 6) is 2.87. The number of aryl methyl sites for hydroxylation is 3. The van der Waals surface area contributed by atoms with E-state index in [1.807, 2.05) is 55.9 Å². The van der Waals surface area contributed by atoms with E-state index in [0.717, 1.165) is 34.8 Å². The van der Waals surface area contributed by atoms with Gasteiger partial charge in [-0.2, -0.15) is 10.1 Å². The highest BCUT2D eigenvalue weighted by molar-refractivity contribution is 5.72. The summed E-state index contributed by atoms with van der Waals surface area (Å²) in [4.78, 5) is 17.0. The second kappa shape index (κ2) is 11.6. The van der Waals surface area contributed by atoms with E-state index < -0.39 is 0 Å². The van der Waals surface area contributed by atoms with Gasteiger partial charge in [0, 0.05) is 25.5 Å². The van der Waals surface area contributed by atoms with Gasteiger partial charge in [-0.25, -0.2) is 4.98 Å². The molecule has 0 spiro atoms. The van der Waals surface area contributed by atoms with Gasteiger partial charge in [0.2, 0.25) is 5.88 Å². The average molecular weight is 444 g/mol. The Morgan fingerprint density at radius 2 is 1.70 bits per heavy atom. The van der Waals surface area contributed by atoms with Gasteiger partial charge in [-0.05, 0) is 62.9 Å². The van der Waals surface area contributed by atoms with Crippen LogP contribution in [0.3, 0.4) is 0 Å². The number of aromatic nitrogens is 6. The van der Waals surface area contributed by atoms with Crippen LogP contribution in [-0.2, 0) is 13.6 Å². The third-order valence-corrected chi connectivity index (χ3v) is 4.90. The lowest BCUT2D eigenvalue weighted by Crippen LogP contribution is -2.08. The van der Waals surface area contributed by atoms with E-state index in [2.05, 4.69) is 49.3 Å². The summed E-state index contributed by atoms with van der Waals surface area (Å²) < 4.78 is 7.60. The van der Waals surface area contributed by atoms with Crippen LogP contribution in [0.25, 0.3) is 11.0 Å². The summed E-state index contributed by atoms with van der Waals surface area (Å²) in [6.07, 6.45) is 14.1. The SMILES string of the molecule is C#C.Cc1cc(CNc2cc(OCC3CC3)nc(C)n2)n(C)n1.c1cnc2cccnc2c1. The molecule has 1 aliphatic carbocycles. The minimum absolute atomic E-state index is 0.651. The molecule has 0 saturated heterocycles. The minimum Gasteiger partial charge on any atom is -0.477 e. The van der Waals surface area contributed by atoms with E-state index in [-0.39, 0.29) is 0 Å². The second-order valence-corrected chi connectivity index (χ2v) is 7.69. The van der Waals surface area contributed by atoms with Crippen LogP contribution in [-0.4, -0.2) is 36.3 Å². The molecule has 4 aromatic heterocycles. The number of hydrogen-bond acceptors (Lipinski definition) is 7. The molecule has 1 fully saturated rings. The molecule has 0 amide bonds. The van der Waals surface area contributed by atoms with Crippen LogP contribution in [0.4, 0.5) is 5.82 Å². The van der Waals surface area contributed by atoms with Gasteiger partial charge >= 0.3 is 0 Å². The normalized spacial score (nSPS) is 12.2. The van der Waals surface area contributed by atoms with Gasteiger partial charge in [-0.1, -0.05) is 0 Å².